The number of rotatable bonds is 7. The second kappa shape index (κ2) is 9.65. The minimum Gasteiger partial charge on any atom is -0.460 e. The zero-order valence-corrected chi connectivity index (χ0v) is 17.4. The number of halogens is 2. The Labute approximate surface area is 181 Å². The van der Waals surface area contributed by atoms with Gasteiger partial charge in [0.25, 0.3) is 5.91 Å². The largest absolute Gasteiger partial charge is 0.460 e. The molecule has 0 aliphatic carbocycles. The molecule has 7 nitrogen and oxygen atoms in total. The topological polar surface area (TPSA) is 94.8 Å². The van der Waals surface area contributed by atoms with Gasteiger partial charge in [0.15, 0.2) is 0 Å². The van der Waals surface area contributed by atoms with Gasteiger partial charge in [-0.15, -0.1) is 0 Å². The molecule has 0 aliphatic rings. The normalized spacial score (nSPS) is 10.6. The molecule has 30 heavy (non-hydrogen) atoms. The van der Waals surface area contributed by atoms with Crippen LogP contribution in [0, 0.1) is 0 Å². The minimum absolute atomic E-state index is 0.0252. The van der Waals surface area contributed by atoms with E-state index in [9.17, 15) is 14.4 Å². The third kappa shape index (κ3) is 4.93. The van der Waals surface area contributed by atoms with E-state index in [-0.39, 0.29) is 36.1 Å². The average molecular weight is 450 g/mol. The fourth-order valence-electron chi connectivity index (χ4n) is 2.73. The highest BCUT2D eigenvalue weighted by atomic mass is 35.5. The molecule has 1 heterocycles. The van der Waals surface area contributed by atoms with E-state index in [0.29, 0.717) is 21.6 Å². The summed E-state index contributed by atoms with van der Waals surface area (Å²) in [7, 11) is 0. The Bertz CT molecular complexity index is 1110. The summed E-state index contributed by atoms with van der Waals surface area (Å²) < 4.78 is 15.8. The quantitative estimate of drug-likeness (QED) is 0.537. The van der Waals surface area contributed by atoms with Crippen LogP contribution in [0.25, 0.3) is 11.0 Å². The maximum absolute atomic E-state index is 12.2. The van der Waals surface area contributed by atoms with E-state index < -0.39 is 17.8 Å². The van der Waals surface area contributed by atoms with Crippen LogP contribution in [-0.4, -0.2) is 31.0 Å². The Morgan fingerprint density at radius 2 is 1.83 bits per heavy atom. The number of hydrogen-bond donors (Lipinski definition) is 1. The van der Waals surface area contributed by atoms with Crippen LogP contribution in [0.3, 0.4) is 0 Å². The van der Waals surface area contributed by atoms with E-state index >= 15 is 0 Å². The van der Waals surface area contributed by atoms with Gasteiger partial charge in [-0.25, -0.2) is 4.79 Å². The fraction of sp³-hybridized carbons (Fsp3) is 0.190. The molecule has 0 atom stereocenters. The van der Waals surface area contributed by atoms with Crippen molar-refractivity contribution in [2.75, 3.05) is 13.2 Å². The average Bonchev–Trinajstić information content (AvgIpc) is 3.09. The number of carbonyl (C=O) groups is 3. The summed E-state index contributed by atoms with van der Waals surface area (Å²) in [6.07, 6.45) is 0. The Morgan fingerprint density at radius 3 is 2.57 bits per heavy atom. The van der Waals surface area contributed by atoms with E-state index in [4.69, 9.17) is 37.1 Å². The highest BCUT2D eigenvalue weighted by Crippen LogP contribution is 2.27. The minimum atomic E-state index is -0.700. The smallest absolute Gasteiger partial charge is 0.374 e. The number of benzene rings is 2. The van der Waals surface area contributed by atoms with Crippen LogP contribution in [0.4, 0.5) is 0 Å². The molecular formula is C21H17Cl2NO6. The lowest BCUT2D eigenvalue weighted by Crippen LogP contribution is -2.30. The monoisotopic (exact) mass is 449 g/mol. The predicted octanol–water partition coefficient (Wildman–Crippen LogP) is 4.39. The summed E-state index contributed by atoms with van der Waals surface area (Å²) in [6, 6.07) is 11.4. The van der Waals surface area contributed by atoms with E-state index in [1.54, 1.807) is 31.2 Å². The molecule has 0 aliphatic heterocycles. The summed E-state index contributed by atoms with van der Waals surface area (Å²) in [6.45, 7) is 1.24. The van der Waals surface area contributed by atoms with Gasteiger partial charge in [-0.3, -0.25) is 9.59 Å². The molecule has 0 spiro atoms. The van der Waals surface area contributed by atoms with Crippen molar-refractivity contribution in [3.05, 3.63) is 69.4 Å². The van der Waals surface area contributed by atoms with Gasteiger partial charge in [0, 0.05) is 10.4 Å². The summed E-state index contributed by atoms with van der Waals surface area (Å²) in [5.74, 6) is -1.92. The molecule has 2 aromatic carbocycles. The molecule has 3 aromatic rings. The highest BCUT2D eigenvalue weighted by molar-refractivity contribution is 6.36. The van der Waals surface area contributed by atoms with E-state index in [2.05, 4.69) is 5.32 Å². The number of furan rings is 1. The van der Waals surface area contributed by atoms with E-state index in [1.165, 1.54) is 18.2 Å². The van der Waals surface area contributed by atoms with Gasteiger partial charge in [0.2, 0.25) is 5.76 Å². The maximum Gasteiger partial charge on any atom is 0.374 e. The maximum atomic E-state index is 12.2. The van der Waals surface area contributed by atoms with Gasteiger partial charge in [-0.2, -0.15) is 0 Å². The van der Waals surface area contributed by atoms with Crippen molar-refractivity contribution in [2.45, 2.75) is 13.5 Å². The van der Waals surface area contributed by atoms with Crippen LogP contribution in [0.2, 0.25) is 10.0 Å². The third-order valence-electron chi connectivity index (χ3n) is 4.11. The zero-order chi connectivity index (χ0) is 21.7. The Kier molecular flexibility index (Phi) is 6.97. The van der Waals surface area contributed by atoms with Crippen molar-refractivity contribution in [2.24, 2.45) is 0 Å². The van der Waals surface area contributed by atoms with Crippen LogP contribution in [-0.2, 0) is 20.9 Å². The molecule has 3 rings (SSSR count). The Morgan fingerprint density at radius 1 is 1.07 bits per heavy atom. The number of ether oxygens (including phenoxy) is 2. The van der Waals surface area contributed by atoms with Crippen molar-refractivity contribution >= 4 is 52.0 Å². The molecule has 0 saturated heterocycles. The Hall–Kier alpha value is -3.03. The van der Waals surface area contributed by atoms with Crippen molar-refractivity contribution in [3.63, 3.8) is 0 Å². The lowest BCUT2D eigenvalue weighted by molar-refractivity contribution is -0.143. The van der Waals surface area contributed by atoms with Gasteiger partial charge in [0.1, 0.15) is 18.7 Å². The highest BCUT2D eigenvalue weighted by Gasteiger charge is 2.23. The molecule has 1 amide bonds. The summed E-state index contributed by atoms with van der Waals surface area (Å²) >= 11 is 11.8. The number of carbonyl (C=O) groups excluding carboxylic acids is 3. The lowest BCUT2D eigenvalue weighted by Gasteiger charge is -2.08. The van der Waals surface area contributed by atoms with Gasteiger partial charge in [0.05, 0.1) is 22.8 Å². The van der Waals surface area contributed by atoms with Crippen molar-refractivity contribution < 1.29 is 28.3 Å². The Balaban J connectivity index is 1.66. The fourth-order valence-corrected chi connectivity index (χ4v) is 3.22. The molecule has 156 valence electrons. The van der Waals surface area contributed by atoms with Crippen LogP contribution >= 0.6 is 23.2 Å². The molecule has 0 fully saturated rings. The number of fused-ring (bicyclic) bond motifs is 1. The van der Waals surface area contributed by atoms with Crippen LogP contribution in [0.1, 0.15) is 33.4 Å². The molecule has 9 heteroatoms. The molecule has 0 saturated carbocycles. The first-order valence-corrected chi connectivity index (χ1v) is 9.72. The summed E-state index contributed by atoms with van der Waals surface area (Å²) in [5.41, 5.74) is 1.04. The van der Waals surface area contributed by atoms with Crippen molar-refractivity contribution in [1.29, 1.82) is 0 Å². The van der Waals surface area contributed by atoms with E-state index in [1.807, 2.05) is 0 Å². The van der Waals surface area contributed by atoms with Gasteiger partial charge in [-0.05, 0) is 31.2 Å². The molecule has 0 unspecified atom stereocenters. The van der Waals surface area contributed by atoms with Crippen LogP contribution in [0.15, 0.2) is 46.9 Å². The SMILES string of the molecule is CCOC(=O)c1oc2ccccc2c1COC(=O)CNC(=O)c1ccc(Cl)cc1Cl. The number of para-hydroxylation sites is 1. The lowest BCUT2D eigenvalue weighted by atomic mass is 10.1. The number of esters is 2. The molecular weight excluding hydrogens is 433 g/mol. The number of nitrogens with one attached hydrogen (secondary N) is 1. The van der Waals surface area contributed by atoms with Gasteiger partial charge in [-0.1, -0.05) is 41.4 Å². The first-order chi connectivity index (χ1) is 14.4. The third-order valence-corrected chi connectivity index (χ3v) is 4.65. The van der Waals surface area contributed by atoms with Crippen LogP contribution in [0.5, 0.6) is 0 Å². The van der Waals surface area contributed by atoms with Crippen molar-refractivity contribution in [3.8, 4) is 0 Å². The van der Waals surface area contributed by atoms with Gasteiger partial charge < -0.3 is 19.2 Å². The second-order valence-corrected chi connectivity index (χ2v) is 6.94. The first kappa shape index (κ1) is 21.7. The van der Waals surface area contributed by atoms with Gasteiger partial charge >= 0.3 is 11.9 Å². The number of hydrogen-bond acceptors (Lipinski definition) is 6. The van der Waals surface area contributed by atoms with Crippen LogP contribution < -0.4 is 5.32 Å². The van der Waals surface area contributed by atoms with E-state index in [0.717, 1.165) is 0 Å². The molecule has 1 aromatic heterocycles. The zero-order valence-electron chi connectivity index (χ0n) is 15.9. The predicted molar refractivity (Wildman–Crippen MR) is 111 cm³/mol. The first-order valence-electron chi connectivity index (χ1n) is 8.97. The summed E-state index contributed by atoms with van der Waals surface area (Å²) in [4.78, 5) is 36.5. The second-order valence-electron chi connectivity index (χ2n) is 6.09. The standard InChI is InChI=1S/C21H17Cl2NO6/c1-2-28-21(27)19-15(13-5-3-4-6-17(13)30-19)11-29-18(25)10-24-20(26)14-8-7-12(22)9-16(14)23/h3-9H,2,10-11H2,1H3,(H,24,26). The molecule has 1 N–H and O–H groups in total. The number of amides is 1. The molecule has 0 bridgehead atoms. The molecule has 0 radical (unpaired) electrons. The van der Waals surface area contributed by atoms with Crippen molar-refractivity contribution in [1.82, 2.24) is 5.32 Å². The summed E-state index contributed by atoms with van der Waals surface area (Å²) in [5, 5.41) is 3.61.